The Morgan fingerprint density at radius 1 is 1.06 bits per heavy atom. The minimum Gasteiger partial charge on any atom is -0.324 e. The van der Waals surface area contributed by atoms with Crippen LogP contribution in [0.25, 0.3) is 17.1 Å². The summed E-state index contributed by atoms with van der Waals surface area (Å²) in [5.74, 6) is -1.05. The Kier molecular flexibility index (Phi) is 5.47. The van der Waals surface area contributed by atoms with Gasteiger partial charge in [-0.25, -0.2) is 4.79 Å². The second kappa shape index (κ2) is 8.09. The summed E-state index contributed by atoms with van der Waals surface area (Å²) in [5, 5.41) is 2.55. The van der Waals surface area contributed by atoms with Gasteiger partial charge in [-0.1, -0.05) is 23.7 Å². The molecule has 0 aliphatic carbocycles. The third kappa shape index (κ3) is 4.01. The van der Waals surface area contributed by atoms with Crippen molar-refractivity contribution in [1.82, 2.24) is 14.0 Å². The molecule has 4 rings (SSSR count). The lowest BCUT2D eigenvalue weighted by atomic mass is 10.2. The number of nitrogens with zero attached hydrogens (tertiary/aromatic N) is 3. The predicted octanol–water partition coefficient (Wildman–Crippen LogP) is 3.21. The first-order chi connectivity index (χ1) is 14.7. The molecule has 10 heteroatoms. The van der Waals surface area contributed by atoms with Gasteiger partial charge in [-0.2, -0.15) is 0 Å². The lowest BCUT2D eigenvalue weighted by molar-refractivity contribution is -0.127. The van der Waals surface area contributed by atoms with E-state index in [0.29, 0.717) is 21.8 Å². The van der Waals surface area contributed by atoms with Crippen molar-refractivity contribution in [2.45, 2.75) is 0 Å². The van der Waals surface area contributed by atoms with Crippen LogP contribution in [0.1, 0.15) is 5.56 Å². The lowest BCUT2D eigenvalue weighted by Gasteiger charge is -2.12. The van der Waals surface area contributed by atoms with Crippen molar-refractivity contribution < 1.29 is 14.4 Å². The topological polar surface area (TPSA) is 93.4 Å². The number of nitrogens with one attached hydrogen (secondary N) is 1. The van der Waals surface area contributed by atoms with Crippen LogP contribution in [0.2, 0.25) is 5.02 Å². The highest BCUT2D eigenvalue weighted by molar-refractivity contribution is 8.18. The molecule has 0 bridgehead atoms. The molecule has 3 aromatic rings. The summed E-state index contributed by atoms with van der Waals surface area (Å²) >= 11 is 6.67. The SMILES string of the molecule is Cn1c(=O)n(C)c2cc(/C=C3/SC(=O)N(CC(=O)Nc4cccc(Cl)c4)C3=O)ccc21. The number of rotatable bonds is 4. The Hall–Kier alpha value is -3.30. The van der Waals surface area contributed by atoms with Gasteiger partial charge in [-0.3, -0.25) is 28.4 Å². The third-order valence-corrected chi connectivity index (χ3v) is 6.02. The molecule has 2 heterocycles. The number of carbonyl (C=O) groups excluding carboxylic acids is 3. The number of thioether (sulfide) groups is 1. The minimum absolute atomic E-state index is 0.154. The highest BCUT2D eigenvalue weighted by atomic mass is 35.5. The fourth-order valence-corrected chi connectivity index (χ4v) is 4.34. The van der Waals surface area contributed by atoms with E-state index in [9.17, 15) is 19.2 Å². The summed E-state index contributed by atoms with van der Waals surface area (Å²) in [6, 6.07) is 11.9. The lowest BCUT2D eigenvalue weighted by Crippen LogP contribution is -2.36. The molecule has 31 heavy (non-hydrogen) atoms. The number of imide groups is 1. The van der Waals surface area contributed by atoms with E-state index in [1.165, 1.54) is 9.13 Å². The van der Waals surface area contributed by atoms with Crippen LogP contribution >= 0.6 is 23.4 Å². The molecule has 1 saturated heterocycles. The molecule has 1 aliphatic rings. The molecule has 158 valence electrons. The summed E-state index contributed by atoms with van der Waals surface area (Å²) < 4.78 is 3.05. The first-order valence-corrected chi connectivity index (χ1v) is 10.4. The van der Waals surface area contributed by atoms with Crippen molar-refractivity contribution in [2.24, 2.45) is 14.1 Å². The van der Waals surface area contributed by atoms with Gasteiger partial charge < -0.3 is 5.32 Å². The van der Waals surface area contributed by atoms with E-state index >= 15 is 0 Å². The number of hydrogen-bond donors (Lipinski definition) is 1. The molecule has 0 radical (unpaired) electrons. The minimum atomic E-state index is -0.543. The first kappa shape index (κ1) is 21.0. The number of anilines is 1. The van der Waals surface area contributed by atoms with Gasteiger partial charge in [0.15, 0.2) is 0 Å². The predicted molar refractivity (Wildman–Crippen MR) is 121 cm³/mol. The number of benzene rings is 2. The van der Waals surface area contributed by atoms with Gasteiger partial charge >= 0.3 is 5.69 Å². The number of aromatic nitrogens is 2. The Labute approximate surface area is 186 Å². The second-order valence-corrected chi connectivity index (χ2v) is 8.40. The van der Waals surface area contributed by atoms with Crippen molar-refractivity contribution in [3.8, 4) is 0 Å². The molecule has 1 N–H and O–H groups in total. The number of imidazole rings is 1. The number of halogens is 1. The Balaban J connectivity index is 1.53. The number of fused-ring (bicyclic) bond motifs is 1. The van der Waals surface area contributed by atoms with E-state index in [1.54, 1.807) is 62.6 Å². The molecule has 0 unspecified atom stereocenters. The summed E-state index contributed by atoms with van der Waals surface area (Å²) in [4.78, 5) is 50.5. The van der Waals surface area contributed by atoms with Gasteiger partial charge in [0, 0.05) is 24.8 Å². The van der Waals surface area contributed by atoms with Crippen LogP contribution in [0.5, 0.6) is 0 Å². The molecule has 1 aliphatic heterocycles. The van der Waals surface area contributed by atoms with Crippen molar-refractivity contribution in [1.29, 1.82) is 0 Å². The highest BCUT2D eigenvalue weighted by Crippen LogP contribution is 2.32. The average molecular weight is 457 g/mol. The van der Waals surface area contributed by atoms with E-state index in [0.717, 1.165) is 22.2 Å². The van der Waals surface area contributed by atoms with Crippen molar-refractivity contribution in [3.05, 3.63) is 68.4 Å². The van der Waals surface area contributed by atoms with Gasteiger partial charge in [-0.15, -0.1) is 0 Å². The second-order valence-electron chi connectivity index (χ2n) is 6.98. The Bertz CT molecular complexity index is 1340. The Morgan fingerprint density at radius 2 is 1.81 bits per heavy atom. The molecular weight excluding hydrogens is 440 g/mol. The highest BCUT2D eigenvalue weighted by Gasteiger charge is 2.36. The number of aryl methyl sites for hydroxylation is 2. The standard InChI is InChI=1S/C21H17ClN4O4S/c1-24-15-7-6-12(8-16(15)25(2)20(24)29)9-17-19(28)26(21(30)31-17)11-18(27)23-14-5-3-4-13(22)10-14/h3-10H,11H2,1-2H3,(H,23,27)/b17-9+. The van der Waals surface area contributed by atoms with E-state index in [1.807, 2.05) is 0 Å². The number of carbonyl (C=O) groups is 3. The van der Waals surface area contributed by atoms with E-state index in [-0.39, 0.29) is 10.6 Å². The summed E-state index contributed by atoms with van der Waals surface area (Å²) in [5.41, 5.74) is 2.46. The fraction of sp³-hybridized carbons (Fsp3) is 0.143. The largest absolute Gasteiger partial charge is 0.328 e. The number of hydrogen-bond acceptors (Lipinski definition) is 5. The zero-order valence-corrected chi connectivity index (χ0v) is 18.2. The Morgan fingerprint density at radius 3 is 2.55 bits per heavy atom. The molecule has 0 saturated carbocycles. The molecule has 2 aromatic carbocycles. The van der Waals surface area contributed by atoms with Gasteiger partial charge in [0.1, 0.15) is 6.54 Å². The van der Waals surface area contributed by atoms with E-state index < -0.39 is 23.6 Å². The van der Waals surface area contributed by atoms with Crippen LogP contribution in [-0.2, 0) is 23.7 Å². The van der Waals surface area contributed by atoms with E-state index in [4.69, 9.17) is 11.6 Å². The maximum absolute atomic E-state index is 12.7. The van der Waals surface area contributed by atoms with E-state index in [2.05, 4.69) is 5.32 Å². The summed E-state index contributed by atoms with van der Waals surface area (Å²) in [6.07, 6.45) is 1.58. The average Bonchev–Trinajstić information content (AvgIpc) is 3.10. The van der Waals surface area contributed by atoms with Gasteiger partial charge in [0.05, 0.1) is 15.9 Å². The summed E-state index contributed by atoms with van der Waals surface area (Å²) in [7, 11) is 3.35. The third-order valence-electron chi connectivity index (χ3n) is 4.88. The molecule has 8 nitrogen and oxygen atoms in total. The van der Waals surface area contributed by atoms with Crippen molar-refractivity contribution in [3.63, 3.8) is 0 Å². The van der Waals surface area contributed by atoms with Crippen LogP contribution in [-0.4, -0.2) is 37.6 Å². The molecular formula is C21H17ClN4O4S. The zero-order valence-electron chi connectivity index (χ0n) is 16.6. The molecule has 0 atom stereocenters. The normalized spacial score (nSPS) is 15.3. The maximum atomic E-state index is 12.7. The van der Waals surface area contributed by atoms with Gasteiger partial charge in [0.2, 0.25) is 5.91 Å². The van der Waals surface area contributed by atoms with Crippen LogP contribution in [0, 0.1) is 0 Å². The summed E-state index contributed by atoms with van der Waals surface area (Å²) in [6.45, 7) is -0.402. The monoisotopic (exact) mass is 456 g/mol. The number of amides is 3. The van der Waals surface area contributed by atoms with Crippen LogP contribution in [0.15, 0.2) is 52.2 Å². The van der Waals surface area contributed by atoms with Crippen molar-refractivity contribution in [2.75, 3.05) is 11.9 Å². The molecule has 1 aromatic heterocycles. The smallest absolute Gasteiger partial charge is 0.324 e. The maximum Gasteiger partial charge on any atom is 0.328 e. The van der Waals surface area contributed by atoms with Gasteiger partial charge in [0.25, 0.3) is 11.1 Å². The van der Waals surface area contributed by atoms with Crippen LogP contribution < -0.4 is 11.0 Å². The molecule has 3 amide bonds. The molecule has 1 fully saturated rings. The van der Waals surface area contributed by atoms with Gasteiger partial charge in [-0.05, 0) is 53.7 Å². The first-order valence-electron chi connectivity index (χ1n) is 9.21. The zero-order chi connectivity index (χ0) is 22.3. The van der Waals surface area contributed by atoms with Crippen LogP contribution in [0.4, 0.5) is 10.5 Å². The quantitative estimate of drug-likeness (QED) is 0.608. The fourth-order valence-electron chi connectivity index (χ4n) is 3.31. The van der Waals surface area contributed by atoms with Crippen molar-refractivity contribution >= 4 is 63.2 Å². The molecule has 0 spiro atoms. The van der Waals surface area contributed by atoms with Crippen LogP contribution in [0.3, 0.4) is 0 Å².